The molecule has 2 aromatic heterocycles. The smallest absolute Gasteiger partial charge is 0.341 e. The molecule has 5 bridgehead atoms. The molecule has 7 N–H and O–H groups in total. The lowest BCUT2D eigenvalue weighted by Crippen LogP contribution is -2.50. The Morgan fingerprint density at radius 3 is 2.23 bits per heavy atom. The molecule has 8 aliphatic rings. The Bertz CT molecular complexity index is 3490. The summed E-state index contributed by atoms with van der Waals surface area (Å²) < 4.78 is 41.5. The summed E-state index contributed by atoms with van der Waals surface area (Å²) >= 11 is 0. The van der Waals surface area contributed by atoms with E-state index in [0.717, 1.165) is 43.9 Å². The van der Waals surface area contributed by atoms with E-state index in [9.17, 15) is 54.6 Å². The third-order valence-electron chi connectivity index (χ3n) is 20.1. The minimum Gasteiger partial charge on any atom is -0.507 e. The van der Waals surface area contributed by atoms with Gasteiger partial charge in [0, 0.05) is 110 Å². The number of rotatable bonds is 10. The van der Waals surface area contributed by atoms with Crippen molar-refractivity contribution in [1.82, 2.24) is 19.6 Å². The van der Waals surface area contributed by atoms with Crippen LogP contribution >= 0.6 is 0 Å². The highest BCUT2D eigenvalue weighted by atomic mass is 19.1. The number of ether oxygens (including phenoxy) is 4. The molecule has 3 aromatic rings. The van der Waals surface area contributed by atoms with Crippen molar-refractivity contribution in [2.45, 2.75) is 167 Å². The number of pyridine rings is 2. The fraction of sp³-hybridized carbons (Fsp3) is 0.569. The van der Waals surface area contributed by atoms with Gasteiger partial charge in [-0.05, 0) is 108 Å². The first-order chi connectivity index (χ1) is 41.2. The van der Waals surface area contributed by atoms with E-state index in [1.807, 2.05) is 11.9 Å². The van der Waals surface area contributed by atoms with Crippen molar-refractivity contribution in [3.63, 3.8) is 0 Å². The molecule has 2 saturated carbocycles. The number of nitrogens with zero attached hydrogens (tertiary/aromatic N) is 5. The number of hydrazone groups is 1. The Morgan fingerprint density at radius 1 is 0.908 bits per heavy atom. The van der Waals surface area contributed by atoms with Crippen molar-refractivity contribution in [2.24, 2.45) is 34.7 Å². The maximum absolute atomic E-state index is 16.3. The zero-order chi connectivity index (χ0) is 63.0. The van der Waals surface area contributed by atoms with Gasteiger partial charge in [0.25, 0.3) is 17.2 Å². The van der Waals surface area contributed by atoms with Crippen molar-refractivity contribution in [2.75, 3.05) is 45.2 Å². The second kappa shape index (κ2) is 24.2. The number of aliphatic hydroxyl groups excluding tert-OH is 4. The minimum absolute atomic E-state index is 0.0557. The first-order valence-corrected chi connectivity index (χ1v) is 30.3. The number of Topliss-reactive ketones (excluding diaryl/α,β-unsaturated/α-hetero) is 1. The number of aliphatic hydroxyl groups is 4. The summed E-state index contributed by atoms with van der Waals surface area (Å²) in [6.07, 6.45) is 8.31. The quantitative estimate of drug-likeness (QED) is 0.0814. The number of fused-ring (bicyclic) bond motifs is 15. The minimum atomic E-state index is -2.09. The van der Waals surface area contributed by atoms with Crippen molar-refractivity contribution in [3.05, 3.63) is 115 Å². The number of ketones is 1. The van der Waals surface area contributed by atoms with Gasteiger partial charge in [-0.25, -0.2) is 9.18 Å². The fourth-order valence-corrected chi connectivity index (χ4v) is 14.5. The first-order valence-electron chi connectivity index (χ1n) is 30.3. The van der Waals surface area contributed by atoms with E-state index in [1.165, 1.54) is 69.9 Å². The fourth-order valence-electron chi connectivity index (χ4n) is 14.5. The van der Waals surface area contributed by atoms with Gasteiger partial charge in [0.05, 0.1) is 59.5 Å². The van der Waals surface area contributed by atoms with E-state index < -0.39 is 107 Å². The molecule has 22 heteroatoms. The number of allylic oxidation sites excluding steroid dienone is 2. The number of carboxylic acid groups (broad SMARTS) is 1. The number of phenols is 1. The van der Waals surface area contributed by atoms with E-state index >= 15 is 4.39 Å². The molecule has 470 valence electrons. The Labute approximate surface area is 505 Å². The van der Waals surface area contributed by atoms with E-state index in [4.69, 9.17) is 24.0 Å². The standard InChI is InChI=1S/C65H83FN6O15/c1-31-13-12-14-32(2)61(80)68-50-44(56(77)47-48(57(50)78)55(76)37(7)59-49(47)60(79)64(9,87-59)85-26-20-46(84-11)33(3)58(86-38(8)73)36(6)54(75)35(5)53(31)74)28-67-71-24-18-41(19-25-71)69(10)65(21-22-65)40-17-23-70(29-40)52-34(4)51-42(39-15-16-39)27-43(63(82)83)62(81)72(51)30-45(52)66/h12-14,20,26-28,30-31,33,35-36,39-41,46,53-54,56-58,74-78H,15-19,21-25,29H2,1-11H3,(H,68,80)(H,82,83)/b13-12+,26-20+,32-14-,67-28+/t31-,33+,35+,36+,40+,46-,53-,54+,56?,57?,58+,64-/m0/s1. The molecule has 1 aromatic carbocycles. The summed E-state index contributed by atoms with van der Waals surface area (Å²) in [4.78, 5) is 71.5. The number of hydrogen-bond acceptors (Lipinski definition) is 18. The summed E-state index contributed by atoms with van der Waals surface area (Å²) in [6, 6.07) is 1.63. The number of methoxy groups -OCH3 is 1. The van der Waals surface area contributed by atoms with Crippen LogP contribution in [0.1, 0.15) is 160 Å². The molecule has 3 aliphatic carbocycles. The van der Waals surface area contributed by atoms with E-state index in [0.29, 0.717) is 55.8 Å². The first kappa shape index (κ1) is 63.1. The summed E-state index contributed by atoms with van der Waals surface area (Å²) in [5.41, 5.74) is 0.573. The van der Waals surface area contributed by atoms with E-state index in [1.54, 1.807) is 39.8 Å². The zero-order valence-corrected chi connectivity index (χ0v) is 51.4. The van der Waals surface area contributed by atoms with Gasteiger partial charge in [-0.15, -0.1) is 0 Å². The maximum atomic E-state index is 16.3. The number of piperidine rings is 1. The molecule has 11 rings (SSSR count). The summed E-state index contributed by atoms with van der Waals surface area (Å²) in [7, 11) is 3.59. The number of amides is 1. The van der Waals surface area contributed by atoms with Crippen LogP contribution < -0.4 is 20.5 Å². The van der Waals surface area contributed by atoms with Gasteiger partial charge in [0.1, 0.15) is 35.4 Å². The van der Waals surface area contributed by atoms with Crippen molar-refractivity contribution < 1.29 is 73.2 Å². The van der Waals surface area contributed by atoms with Crippen LogP contribution in [0.2, 0.25) is 0 Å². The van der Waals surface area contributed by atoms with Crippen LogP contribution in [-0.4, -0.2) is 157 Å². The Balaban J connectivity index is 0.913. The number of phenolic OH excluding ortho intramolecular Hbond substituents is 1. The number of benzene rings is 1. The van der Waals surface area contributed by atoms with Gasteiger partial charge in [-0.2, -0.15) is 5.10 Å². The molecule has 5 aliphatic heterocycles. The average molecular weight is 1210 g/mol. The molecule has 1 amide bonds. The second-order valence-corrected chi connectivity index (χ2v) is 25.5. The van der Waals surface area contributed by atoms with Crippen LogP contribution in [0.4, 0.5) is 10.1 Å². The number of carbonyl (C=O) groups excluding carboxylic acids is 3. The van der Waals surface area contributed by atoms with Crippen molar-refractivity contribution >= 4 is 41.0 Å². The van der Waals surface area contributed by atoms with Crippen LogP contribution in [-0.2, 0) is 23.8 Å². The molecule has 21 nitrogen and oxygen atoms in total. The number of aromatic nitrogens is 1. The number of anilines is 1. The summed E-state index contributed by atoms with van der Waals surface area (Å²) in [6.45, 7) is 16.6. The second-order valence-electron chi connectivity index (χ2n) is 25.5. The van der Waals surface area contributed by atoms with Gasteiger partial charge in [-0.1, -0.05) is 45.9 Å². The number of aromatic carboxylic acids is 1. The van der Waals surface area contributed by atoms with Gasteiger partial charge < -0.3 is 59.8 Å². The molecule has 7 heterocycles. The van der Waals surface area contributed by atoms with Crippen LogP contribution in [0.15, 0.2) is 69.6 Å². The van der Waals surface area contributed by atoms with E-state index in [-0.39, 0.29) is 73.8 Å². The predicted octanol–water partition coefficient (Wildman–Crippen LogP) is 6.78. The number of esters is 1. The van der Waals surface area contributed by atoms with Crippen LogP contribution in [0.3, 0.4) is 0 Å². The highest BCUT2D eigenvalue weighted by molar-refractivity contribution is 6.09. The molecular weight excluding hydrogens is 1120 g/mol. The van der Waals surface area contributed by atoms with Crippen LogP contribution in [0, 0.1) is 49.3 Å². The Hall–Kier alpha value is -6.95. The Morgan fingerprint density at radius 2 is 1.60 bits per heavy atom. The van der Waals surface area contributed by atoms with Gasteiger partial charge >= 0.3 is 17.7 Å². The van der Waals surface area contributed by atoms with Gasteiger partial charge in [0.15, 0.2) is 5.82 Å². The summed E-state index contributed by atoms with van der Waals surface area (Å²) in [5.74, 6) is -8.91. The maximum Gasteiger partial charge on any atom is 0.341 e. The number of hydrogen-bond donors (Lipinski definition) is 7. The number of halogens is 1. The van der Waals surface area contributed by atoms with Gasteiger partial charge in [0.2, 0.25) is 0 Å². The number of carboxylic acids is 1. The van der Waals surface area contributed by atoms with Crippen LogP contribution in [0.5, 0.6) is 11.5 Å². The van der Waals surface area contributed by atoms with Gasteiger partial charge in [-0.3, -0.25) is 33.5 Å². The number of aromatic hydroxyl groups is 1. The largest absolute Gasteiger partial charge is 0.507 e. The molecule has 0 spiro atoms. The van der Waals surface area contributed by atoms with Crippen LogP contribution in [0.25, 0.3) is 5.52 Å². The third kappa shape index (κ3) is 11.4. The number of nitrogens with one attached hydrogen (secondary N) is 1. The molecule has 12 atom stereocenters. The van der Waals surface area contributed by atoms with Crippen molar-refractivity contribution in [3.8, 4) is 11.5 Å². The molecule has 2 unspecified atom stereocenters. The lowest BCUT2D eigenvalue weighted by atomic mass is 9.78. The predicted molar refractivity (Wildman–Crippen MR) is 320 cm³/mol. The van der Waals surface area contributed by atoms with E-state index in [2.05, 4.69) is 22.2 Å². The lowest BCUT2D eigenvalue weighted by molar-refractivity contribution is -0.160. The summed E-state index contributed by atoms with van der Waals surface area (Å²) in [5, 5.41) is 79.4. The Kier molecular flexibility index (Phi) is 17.6. The normalized spacial score (nSPS) is 32.1. The molecule has 2 saturated heterocycles. The zero-order valence-electron chi connectivity index (χ0n) is 51.4. The monoisotopic (exact) mass is 1210 g/mol. The topological polar surface area (TPSA) is 282 Å². The third-order valence-corrected chi connectivity index (χ3v) is 20.1. The van der Waals surface area contributed by atoms with Crippen molar-refractivity contribution in [1.29, 1.82) is 0 Å². The molecular formula is C65H83FN6O15. The number of aryl methyl sites for hydroxylation is 1. The highest BCUT2D eigenvalue weighted by Gasteiger charge is 2.56. The molecule has 4 fully saturated rings. The number of carbonyl (C=O) groups is 4. The molecule has 0 radical (unpaired) electrons. The average Bonchev–Trinajstić information content (AvgIpc) is 1.69. The molecule has 87 heavy (non-hydrogen) atoms. The lowest BCUT2D eigenvalue weighted by Gasteiger charge is -2.42. The SMILES string of the molecule is CO[C@H]1/C=C/O[C@@]2(C)Oc3c(C)c(O)c4c(c3C2=O)C(O)C(/C=N/N2CCC(N(C)C3([C@@H]5CCN(c6c(F)cn7c(=O)c(C(=O)O)cc(C8CC8)c7c6C)C5)CC3)CC2)=C(NC(=O)/C(C)=C\C=C\[C@H](C)[C@H](O)[C@@H](C)[C@@H](O)[C@@H](C)[C@H](OC(C)=O)[C@@H]1C)C4O. The highest BCUT2D eigenvalue weighted by Crippen LogP contribution is 2.55.